The lowest BCUT2D eigenvalue weighted by atomic mass is 10.0. The molecule has 208 valence electrons. The van der Waals surface area contributed by atoms with Crippen molar-refractivity contribution in [2.24, 2.45) is 4.99 Å². The van der Waals surface area contributed by atoms with E-state index in [4.69, 9.17) is 32.4 Å². The molecule has 39 heavy (non-hydrogen) atoms. The van der Waals surface area contributed by atoms with Crippen LogP contribution in [0.3, 0.4) is 0 Å². The van der Waals surface area contributed by atoms with Crippen molar-refractivity contribution in [2.75, 3.05) is 49.9 Å². The van der Waals surface area contributed by atoms with Crippen molar-refractivity contribution in [3.05, 3.63) is 77.6 Å². The standard InChI is InChI=1S/C28H30Cl2N4O4.ClH/c1-37-28(36)23(18-19-2-8-22(9-3-19)34(16-12-29)17-13-30)33-27(35)25-11-10-24(38-25)20-4-6-21(7-5-20)26-31-14-15-32-26;/h2-11,23H,12-18H2,1H3,(H,31,32)(H,33,35);1H. The van der Waals surface area contributed by atoms with Gasteiger partial charge in [0.05, 0.1) is 13.7 Å². The Kier molecular flexibility index (Phi) is 11.5. The monoisotopic (exact) mass is 592 g/mol. The van der Waals surface area contributed by atoms with Crippen LogP contribution in [0, 0.1) is 0 Å². The van der Waals surface area contributed by atoms with Crippen LogP contribution in [-0.2, 0) is 16.0 Å². The Morgan fingerprint density at radius 3 is 2.28 bits per heavy atom. The van der Waals surface area contributed by atoms with E-state index in [9.17, 15) is 9.59 Å². The molecule has 0 spiro atoms. The van der Waals surface area contributed by atoms with E-state index < -0.39 is 17.9 Å². The lowest BCUT2D eigenvalue weighted by molar-refractivity contribution is -0.142. The molecule has 2 heterocycles. The van der Waals surface area contributed by atoms with Crippen molar-refractivity contribution >= 4 is 59.0 Å². The summed E-state index contributed by atoms with van der Waals surface area (Å²) in [5.74, 6) is 1.46. The zero-order chi connectivity index (χ0) is 26.9. The first-order valence-corrected chi connectivity index (χ1v) is 13.4. The maximum Gasteiger partial charge on any atom is 0.328 e. The summed E-state index contributed by atoms with van der Waals surface area (Å²) in [6.45, 7) is 2.97. The Balaban J connectivity index is 0.00000420. The number of hydrogen-bond acceptors (Lipinski definition) is 7. The number of benzene rings is 2. The molecule has 8 nitrogen and oxygen atoms in total. The van der Waals surface area contributed by atoms with E-state index in [-0.39, 0.29) is 24.6 Å². The van der Waals surface area contributed by atoms with Gasteiger partial charge in [-0.25, -0.2) is 4.79 Å². The third-order valence-electron chi connectivity index (χ3n) is 6.19. The van der Waals surface area contributed by atoms with Crippen molar-refractivity contribution in [1.82, 2.24) is 10.6 Å². The van der Waals surface area contributed by atoms with Gasteiger partial charge in [0.2, 0.25) is 0 Å². The molecule has 2 aromatic carbocycles. The minimum atomic E-state index is -0.882. The van der Waals surface area contributed by atoms with Gasteiger partial charge in [-0.15, -0.1) is 35.6 Å². The molecule has 4 rings (SSSR count). The second kappa shape index (κ2) is 14.8. The smallest absolute Gasteiger partial charge is 0.328 e. The fourth-order valence-electron chi connectivity index (χ4n) is 4.22. The Bertz CT molecular complexity index is 1260. The number of carbonyl (C=O) groups is 2. The number of nitrogens with zero attached hydrogens (tertiary/aromatic N) is 2. The van der Waals surface area contributed by atoms with Gasteiger partial charge in [0.1, 0.15) is 17.6 Å². The highest BCUT2D eigenvalue weighted by molar-refractivity contribution is 6.18. The summed E-state index contributed by atoms with van der Waals surface area (Å²) in [6, 6.07) is 17.9. The fourth-order valence-corrected chi connectivity index (χ4v) is 4.62. The topological polar surface area (TPSA) is 96.2 Å². The Morgan fingerprint density at radius 1 is 1.03 bits per heavy atom. The van der Waals surface area contributed by atoms with Gasteiger partial charge in [0.15, 0.2) is 5.76 Å². The van der Waals surface area contributed by atoms with E-state index in [2.05, 4.69) is 20.5 Å². The zero-order valence-electron chi connectivity index (χ0n) is 21.5. The van der Waals surface area contributed by atoms with Gasteiger partial charge >= 0.3 is 5.97 Å². The summed E-state index contributed by atoms with van der Waals surface area (Å²) in [5.41, 5.74) is 3.67. The van der Waals surface area contributed by atoms with Gasteiger partial charge in [-0.05, 0) is 29.8 Å². The molecule has 1 aliphatic heterocycles. The highest BCUT2D eigenvalue weighted by Gasteiger charge is 2.24. The predicted molar refractivity (Wildman–Crippen MR) is 158 cm³/mol. The maximum absolute atomic E-state index is 13.0. The zero-order valence-corrected chi connectivity index (χ0v) is 23.8. The first-order chi connectivity index (χ1) is 18.5. The maximum atomic E-state index is 13.0. The third-order valence-corrected chi connectivity index (χ3v) is 6.53. The largest absolute Gasteiger partial charge is 0.467 e. The van der Waals surface area contributed by atoms with Crippen LogP contribution in [0.2, 0.25) is 0 Å². The molecule has 0 saturated heterocycles. The highest BCUT2D eigenvalue weighted by Crippen LogP contribution is 2.23. The number of esters is 1. The van der Waals surface area contributed by atoms with E-state index in [0.29, 0.717) is 30.6 Å². The van der Waals surface area contributed by atoms with E-state index in [1.807, 2.05) is 48.5 Å². The molecular weight excluding hydrogens is 563 g/mol. The third kappa shape index (κ3) is 7.91. The molecule has 0 aliphatic carbocycles. The number of hydrogen-bond donors (Lipinski definition) is 2. The number of amides is 1. The molecule has 0 bridgehead atoms. The molecule has 1 aromatic heterocycles. The molecule has 0 radical (unpaired) electrons. The number of halogens is 3. The van der Waals surface area contributed by atoms with Crippen LogP contribution in [0.1, 0.15) is 21.7 Å². The number of ether oxygens (including phenoxy) is 1. The van der Waals surface area contributed by atoms with Gasteiger partial charge in [0, 0.05) is 54.6 Å². The van der Waals surface area contributed by atoms with Crippen LogP contribution in [-0.4, -0.2) is 68.8 Å². The second-order valence-electron chi connectivity index (χ2n) is 8.68. The first-order valence-electron chi connectivity index (χ1n) is 12.4. The summed E-state index contributed by atoms with van der Waals surface area (Å²) in [7, 11) is 1.29. The Morgan fingerprint density at radius 2 is 1.69 bits per heavy atom. The molecule has 3 aromatic rings. The molecule has 1 amide bonds. The van der Waals surface area contributed by atoms with E-state index in [0.717, 1.165) is 41.3 Å². The number of anilines is 1. The van der Waals surface area contributed by atoms with Crippen molar-refractivity contribution in [3.8, 4) is 11.3 Å². The first kappa shape index (κ1) is 30.3. The Labute approximate surface area is 244 Å². The number of aliphatic imine (C=N–C) groups is 1. The molecular formula is C28H31Cl3N4O4. The molecule has 11 heteroatoms. The van der Waals surface area contributed by atoms with Crippen molar-refractivity contribution in [2.45, 2.75) is 12.5 Å². The molecule has 2 N–H and O–H groups in total. The molecule has 1 aliphatic rings. The molecule has 0 fully saturated rings. The van der Waals surface area contributed by atoms with Gasteiger partial charge in [0.25, 0.3) is 5.91 Å². The number of methoxy groups -OCH3 is 1. The van der Waals surface area contributed by atoms with Crippen LogP contribution >= 0.6 is 35.6 Å². The van der Waals surface area contributed by atoms with E-state index >= 15 is 0 Å². The molecule has 1 unspecified atom stereocenters. The lowest BCUT2D eigenvalue weighted by Gasteiger charge is -2.23. The van der Waals surface area contributed by atoms with Gasteiger partial charge in [-0.1, -0.05) is 36.4 Å². The molecule has 0 saturated carbocycles. The number of nitrogens with one attached hydrogen (secondary N) is 2. The van der Waals surface area contributed by atoms with Crippen molar-refractivity contribution < 1.29 is 18.7 Å². The quantitative estimate of drug-likeness (QED) is 0.237. The summed E-state index contributed by atoms with van der Waals surface area (Å²) in [5, 5.41) is 5.99. The second-order valence-corrected chi connectivity index (χ2v) is 9.44. The summed E-state index contributed by atoms with van der Waals surface area (Å²) in [6.07, 6.45) is 0.261. The number of alkyl halides is 2. The Hall–Kier alpha value is -3.20. The van der Waals surface area contributed by atoms with Crippen LogP contribution in [0.15, 0.2) is 70.1 Å². The average molecular weight is 594 g/mol. The van der Waals surface area contributed by atoms with Crippen molar-refractivity contribution in [1.29, 1.82) is 0 Å². The number of carbonyl (C=O) groups excluding carboxylic acids is 2. The molecule has 1 atom stereocenters. The van der Waals surface area contributed by atoms with E-state index in [1.54, 1.807) is 12.1 Å². The minimum Gasteiger partial charge on any atom is -0.467 e. The number of rotatable bonds is 12. The SMILES string of the molecule is COC(=O)C(Cc1ccc(N(CCCl)CCCl)cc1)NC(=O)c1ccc(-c2ccc(C3=NCCN3)cc2)o1.Cl. The van der Waals surface area contributed by atoms with Crippen LogP contribution in [0.5, 0.6) is 0 Å². The van der Waals surface area contributed by atoms with Crippen molar-refractivity contribution in [3.63, 3.8) is 0 Å². The fraction of sp³-hybridized carbons (Fsp3) is 0.321. The highest BCUT2D eigenvalue weighted by atomic mass is 35.5. The van der Waals surface area contributed by atoms with Crippen LogP contribution in [0.4, 0.5) is 5.69 Å². The van der Waals surface area contributed by atoms with Gasteiger partial charge in [-0.2, -0.15) is 0 Å². The van der Waals surface area contributed by atoms with Gasteiger partial charge < -0.3 is 24.7 Å². The lowest BCUT2D eigenvalue weighted by Crippen LogP contribution is -2.43. The predicted octanol–water partition coefficient (Wildman–Crippen LogP) is 4.52. The van der Waals surface area contributed by atoms with Crippen LogP contribution in [0.25, 0.3) is 11.3 Å². The number of furan rings is 1. The van der Waals surface area contributed by atoms with Crippen LogP contribution < -0.4 is 15.5 Å². The normalized spacial score (nSPS) is 13.1. The van der Waals surface area contributed by atoms with Gasteiger partial charge in [-0.3, -0.25) is 9.79 Å². The minimum absolute atomic E-state index is 0. The average Bonchev–Trinajstić information content (AvgIpc) is 3.66. The summed E-state index contributed by atoms with van der Waals surface area (Å²) >= 11 is 11.8. The summed E-state index contributed by atoms with van der Waals surface area (Å²) < 4.78 is 10.8. The summed E-state index contributed by atoms with van der Waals surface area (Å²) in [4.78, 5) is 31.9. The number of amidine groups is 1. The van der Waals surface area contributed by atoms with E-state index in [1.165, 1.54) is 7.11 Å².